The van der Waals surface area contributed by atoms with E-state index >= 15 is 0 Å². The zero-order chi connectivity index (χ0) is 14.3. The van der Waals surface area contributed by atoms with Crippen molar-refractivity contribution in [1.82, 2.24) is 9.55 Å². The molecule has 0 fully saturated rings. The fourth-order valence-electron chi connectivity index (χ4n) is 2.64. The van der Waals surface area contributed by atoms with Crippen LogP contribution in [0.15, 0.2) is 12.4 Å². The Kier molecular flexibility index (Phi) is 6.52. The standard InChI is InChI=1S/C15H28N2O2/c1-5-10-17-11-9-16-14(17)12-13(18)15(6-2,7-3)19-8-4/h9,11,13,18H,5-8,10,12H2,1-4H3. The van der Waals surface area contributed by atoms with Gasteiger partial charge in [-0.25, -0.2) is 4.98 Å². The summed E-state index contributed by atoms with van der Waals surface area (Å²) in [4.78, 5) is 4.36. The molecule has 1 aromatic heterocycles. The summed E-state index contributed by atoms with van der Waals surface area (Å²) in [5.74, 6) is 0.945. The van der Waals surface area contributed by atoms with Gasteiger partial charge in [-0.2, -0.15) is 0 Å². The molecule has 4 heteroatoms. The van der Waals surface area contributed by atoms with Gasteiger partial charge >= 0.3 is 0 Å². The van der Waals surface area contributed by atoms with E-state index < -0.39 is 11.7 Å². The van der Waals surface area contributed by atoms with Crippen LogP contribution >= 0.6 is 0 Å². The predicted octanol–water partition coefficient (Wildman–Crippen LogP) is 2.79. The zero-order valence-corrected chi connectivity index (χ0v) is 12.7. The fraction of sp³-hybridized carbons (Fsp3) is 0.800. The average molecular weight is 268 g/mol. The second-order valence-electron chi connectivity index (χ2n) is 4.96. The first kappa shape index (κ1) is 16.2. The van der Waals surface area contributed by atoms with E-state index in [0.29, 0.717) is 13.0 Å². The van der Waals surface area contributed by atoms with Gasteiger partial charge in [0.05, 0.1) is 11.7 Å². The number of aliphatic hydroxyl groups excluding tert-OH is 1. The van der Waals surface area contributed by atoms with Crippen LogP contribution in [0.1, 0.15) is 52.8 Å². The van der Waals surface area contributed by atoms with Crippen LogP contribution in [-0.2, 0) is 17.7 Å². The average Bonchev–Trinajstić information content (AvgIpc) is 2.84. The van der Waals surface area contributed by atoms with E-state index in [2.05, 4.69) is 30.3 Å². The molecule has 19 heavy (non-hydrogen) atoms. The smallest absolute Gasteiger partial charge is 0.111 e. The quantitative estimate of drug-likeness (QED) is 0.749. The lowest BCUT2D eigenvalue weighted by Crippen LogP contribution is -2.45. The monoisotopic (exact) mass is 268 g/mol. The second-order valence-corrected chi connectivity index (χ2v) is 4.96. The van der Waals surface area contributed by atoms with E-state index in [9.17, 15) is 5.11 Å². The zero-order valence-electron chi connectivity index (χ0n) is 12.7. The third kappa shape index (κ3) is 3.80. The van der Waals surface area contributed by atoms with Gasteiger partial charge in [0, 0.05) is 32.0 Å². The van der Waals surface area contributed by atoms with Gasteiger partial charge in [-0.05, 0) is 26.2 Å². The molecule has 1 N–H and O–H groups in total. The van der Waals surface area contributed by atoms with Crippen LogP contribution in [-0.4, -0.2) is 33.0 Å². The molecule has 0 aromatic carbocycles. The van der Waals surface area contributed by atoms with Crippen molar-refractivity contribution < 1.29 is 9.84 Å². The number of aryl methyl sites for hydroxylation is 1. The lowest BCUT2D eigenvalue weighted by atomic mass is 9.88. The molecule has 1 aromatic rings. The SMILES string of the molecule is CCCn1ccnc1CC(O)C(CC)(CC)OCC. The normalized spacial score (nSPS) is 13.7. The summed E-state index contributed by atoms with van der Waals surface area (Å²) in [6.45, 7) is 9.83. The Morgan fingerprint density at radius 2 is 2.00 bits per heavy atom. The molecule has 0 spiro atoms. The Morgan fingerprint density at radius 3 is 2.53 bits per heavy atom. The van der Waals surface area contributed by atoms with E-state index in [4.69, 9.17) is 4.74 Å². The van der Waals surface area contributed by atoms with E-state index in [1.54, 1.807) is 6.20 Å². The van der Waals surface area contributed by atoms with Crippen LogP contribution < -0.4 is 0 Å². The van der Waals surface area contributed by atoms with E-state index in [1.165, 1.54) is 0 Å². The minimum Gasteiger partial charge on any atom is -0.390 e. The van der Waals surface area contributed by atoms with Crippen LogP contribution in [0, 0.1) is 0 Å². The number of aromatic nitrogens is 2. The number of hydrogen-bond donors (Lipinski definition) is 1. The van der Waals surface area contributed by atoms with Crippen molar-refractivity contribution >= 4 is 0 Å². The Hall–Kier alpha value is -0.870. The highest BCUT2D eigenvalue weighted by molar-refractivity contribution is 4.99. The molecule has 4 nitrogen and oxygen atoms in total. The number of hydrogen-bond acceptors (Lipinski definition) is 3. The number of rotatable bonds is 9. The fourth-order valence-corrected chi connectivity index (χ4v) is 2.64. The maximum atomic E-state index is 10.6. The molecular weight excluding hydrogens is 240 g/mol. The third-order valence-electron chi connectivity index (χ3n) is 3.88. The van der Waals surface area contributed by atoms with Crippen molar-refractivity contribution in [2.45, 2.75) is 71.6 Å². The van der Waals surface area contributed by atoms with Crippen LogP contribution in [0.3, 0.4) is 0 Å². The minimum absolute atomic E-state index is 0.447. The molecule has 0 saturated carbocycles. The van der Waals surface area contributed by atoms with Gasteiger partial charge in [-0.1, -0.05) is 20.8 Å². The number of aliphatic hydroxyl groups is 1. The molecule has 0 amide bonds. The van der Waals surface area contributed by atoms with Crippen LogP contribution in [0.5, 0.6) is 0 Å². The maximum Gasteiger partial charge on any atom is 0.111 e. The summed E-state index contributed by atoms with van der Waals surface area (Å²) < 4.78 is 7.97. The van der Waals surface area contributed by atoms with Gasteiger partial charge in [0.15, 0.2) is 0 Å². The maximum absolute atomic E-state index is 10.6. The van der Waals surface area contributed by atoms with Crippen molar-refractivity contribution in [1.29, 1.82) is 0 Å². The topological polar surface area (TPSA) is 47.3 Å². The molecular formula is C15H28N2O2. The summed E-state index contributed by atoms with van der Waals surface area (Å²) in [6.07, 6.45) is 6.51. The van der Waals surface area contributed by atoms with Gasteiger partial charge in [0.25, 0.3) is 0 Å². The van der Waals surface area contributed by atoms with Crippen LogP contribution in [0.4, 0.5) is 0 Å². The summed E-state index contributed by atoms with van der Waals surface area (Å²) in [5.41, 5.74) is -0.447. The van der Waals surface area contributed by atoms with Crippen molar-refractivity contribution in [3.05, 3.63) is 18.2 Å². The largest absolute Gasteiger partial charge is 0.390 e. The molecule has 0 aliphatic carbocycles. The highest BCUT2D eigenvalue weighted by Gasteiger charge is 2.36. The van der Waals surface area contributed by atoms with E-state index in [1.807, 2.05) is 13.1 Å². The third-order valence-corrected chi connectivity index (χ3v) is 3.88. The van der Waals surface area contributed by atoms with Crippen molar-refractivity contribution in [2.24, 2.45) is 0 Å². The Morgan fingerprint density at radius 1 is 1.32 bits per heavy atom. The summed E-state index contributed by atoms with van der Waals surface area (Å²) >= 11 is 0. The highest BCUT2D eigenvalue weighted by atomic mass is 16.5. The molecule has 0 aliphatic heterocycles. The first-order chi connectivity index (χ1) is 9.13. The Balaban J connectivity index is 2.80. The number of ether oxygens (including phenoxy) is 1. The van der Waals surface area contributed by atoms with Crippen molar-refractivity contribution in [3.8, 4) is 0 Å². The molecule has 0 saturated heterocycles. The molecule has 1 atom stereocenters. The second kappa shape index (κ2) is 7.65. The Labute approximate surface area is 116 Å². The Bertz CT molecular complexity index is 359. The molecule has 1 heterocycles. The van der Waals surface area contributed by atoms with Crippen LogP contribution in [0.2, 0.25) is 0 Å². The van der Waals surface area contributed by atoms with Gasteiger partial charge in [-0.15, -0.1) is 0 Å². The lowest BCUT2D eigenvalue weighted by Gasteiger charge is -2.36. The van der Waals surface area contributed by atoms with Gasteiger partial charge < -0.3 is 14.4 Å². The first-order valence-corrected chi connectivity index (χ1v) is 7.45. The predicted molar refractivity (Wildman–Crippen MR) is 77.2 cm³/mol. The number of nitrogens with zero attached hydrogens (tertiary/aromatic N) is 2. The van der Waals surface area contributed by atoms with Gasteiger partial charge in [0.1, 0.15) is 5.82 Å². The van der Waals surface area contributed by atoms with Crippen molar-refractivity contribution in [2.75, 3.05) is 6.61 Å². The highest BCUT2D eigenvalue weighted by Crippen LogP contribution is 2.27. The lowest BCUT2D eigenvalue weighted by molar-refractivity contribution is -0.125. The van der Waals surface area contributed by atoms with E-state index in [0.717, 1.165) is 31.6 Å². The van der Waals surface area contributed by atoms with Gasteiger partial charge in [-0.3, -0.25) is 0 Å². The molecule has 0 aliphatic rings. The molecule has 0 radical (unpaired) electrons. The molecule has 0 bridgehead atoms. The minimum atomic E-state index is -0.513. The van der Waals surface area contributed by atoms with E-state index in [-0.39, 0.29) is 0 Å². The molecule has 1 rings (SSSR count). The summed E-state index contributed by atoms with van der Waals surface area (Å²) in [6, 6.07) is 0. The van der Waals surface area contributed by atoms with Crippen LogP contribution in [0.25, 0.3) is 0 Å². The number of imidazole rings is 1. The first-order valence-electron chi connectivity index (χ1n) is 7.45. The summed E-state index contributed by atoms with van der Waals surface area (Å²) in [5, 5.41) is 10.6. The summed E-state index contributed by atoms with van der Waals surface area (Å²) in [7, 11) is 0. The molecule has 110 valence electrons. The van der Waals surface area contributed by atoms with Gasteiger partial charge in [0.2, 0.25) is 0 Å². The molecule has 1 unspecified atom stereocenters. The van der Waals surface area contributed by atoms with Crippen molar-refractivity contribution in [3.63, 3.8) is 0 Å².